The van der Waals surface area contributed by atoms with Crippen LogP contribution in [0.2, 0.25) is 0 Å². The van der Waals surface area contributed by atoms with Crippen molar-refractivity contribution in [3.63, 3.8) is 0 Å². The van der Waals surface area contributed by atoms with Gasteiger partial charge in [-0.05, 0) is 67.1 Å². The Morgan fingerprint density at radius 3 is 1.63 bits per heavy atom. The van der Waals surface area contributed by atoms with E-state index in [2.05, 4.69) is 6.92 Å². The molecule has 8 nitrogen and oxygen atoms in total. The van der Waals surface area contributed by atoms with Crippen LogP contribution >= 0.6 is 0 Å². The smallest absolute Gasteiger partial charge is 0.343 e. The molecule has 0 heterocycles. The van der Waals surface area contributed by atoms with E-state index in [1.165, 1.54) is 67.8 Å². The highest BCUT2D eigenvalue weighted by Crippen LogP contribution is 2.20. The summed E-state index contributed by atoms with van der Waals surface area (Å²) in [6.45, 7) is 2.83. The van der Waals surface area contributed by atoms with E-state index in [1.807, 2.05) is 0 Å². The summed E-state index contributed by atoms with van der Waals surface area (Å²) >= 11 is 0. The molecule has 8 heteroatoms. The zero-order chi connectivity index (χ0) is 25.0. The van der Waals surface area contributed by atoms with Gasteiger partial charge in [0.15, 0.2) is 0 Å². The lowest BCUT2D eigenvalue weighted by Gasteiger charge is -2.08. The van der Waals surface area contributed by atoms with E-state index in [0.29, 0.717) is 17.9 Å². The Hall–Kier alpha value is -4.20. The highest BCUT2D eigenvalue weighted by Gasteiger charge is 2.13. The molecule has 0 aliphatic carbocycles. The van der Waals surface area contributed by atoms with Crippen molar-refractivity contribution >= 4 is 17.6 Å². The molecule has 0 radical (unpaired) electrons. The van der Waals surface area contributed by atoms with Gasteiger partial charge in [0.2, 0.25) is 0 Å². The van der Waals surface area contributed by atoms with Crippen LogP contribution in [0.3, 0.4) is 0 Å². The average molecular weight is 478 g/mol. The molecule has 0 aliphatic heterocycles. The van der Waals surface area contributed by atoms with Gasteiger partial charge in [-0.25, -0.2) is 9.59 Å². The fourth-order valence-corrected chi connectivity index (χ4v) is 3.21. The Morgan fingerprint density at radius 1 is 0.686 bits per heavy atom. The Labute approximate surface area is 203 Å². The molecular weight excluding hydrogens is 450 g/mol. The highest BCUT2D eigenvalue weighted by molar-refractivity contribution is 5.92. The van der Waals surface area contributed by atoms with Crippen LogP contribution in [-0.4, -0.2) is 23.5 Å². The maximum Gasteiger partial charge on any atom is 0.343 e. The van der Waals surface area contributed by atoms with Crippen molar-refractivity contribution in [1.82, 2.24) is 0 Å². The fourth-order valence-electron chi connectivity index (χ4n) is 3.21. The number of nitrogens with zero attached hydrogens (tertiary/aromatic N) is 1. The molecule has 3 aromatic carbocycles. The minimum atomic E-state index is -0.641. The second kappa shape index (κ2) is 12.9. The maximum absolute atomic E-state index is 12.4. The summed E-state index contributed by atoms with van der Waals surface area (Å²) in [5.74, 6) is -0.0164. The van der Waals surface area contributed by atoms with Crippen LogP contribution in [0.1, 0.15) is 59.7 Å². The lowest BCUT2D eigenvalue weighted by atomic mass is 10.2. The number of benzene rings is 3. The van der Waals surface area contributed by atoms with Crippen molar-refractivity contribution in [3.8, 4) is 17.2 Å². The van der Waals surface area contributed by atoms with Crippen molar-refractivity contribution in [1.29, 1.82) is 0 Å². The summed E-state index contributed by atoms with van der Waals surface area (Å²) in [5.41, 5.74) is 0.511. The summed E-state index contributed by atoms with van der Waals surface area (Å²) < 4.78 is 16.3. The van der Waals surface area contributed by atoms with Gasteiger partial charge in [0.25, 0.3) is 5.69 Å². The standard InChI is InChI=1S/C27H27NO7/c1-2-3-4-5-6-19-33-23-13-7-20(8-14-23)26(29)34-24-15-9-21(10-16-24)27(30)35-25-17-11-22(12-18-25)28(31)32/h7-18H,2-6,19H2,1H3. The van der Waals surface area contributed by atoms with Crippen molar-refractivity contribution in [2.45, 2.75) is 39.0 Å². The van der Waals surface area contributed by atoms with Crippen LogP contribution in [0.15, 0.2) is 72.8 Å². The minimum absolute atomic E-state index is 0.101. The third kappa shape index (κ3) is 7.96. The number of hydrogen-bond acceptors (Lipinski definition) is 7. The largest absolute Gasteiger partial charge is 0.494 e. The van der Waals surface area contributed by atoms with Crippen molar-refractivity contribution < 1.29 is 28.7 Å². The zero-order valence-corrected chi connectivity index (χ0v) is 19.5. The number of hydrogen-bond donors (Lipinski definition) is 0. The van der Waals surface area contributed by atoms with Crippen LogP contribution in [0, 0.1) is 10.1 Å². The molecule has 0 bridgehead atoms. The molecule has 0 spiro atoms. The van der Waals surface area contributed by atoms with E-state index >= 15 is 0 Å². The first kappa shape index (κ1) is 25.4. The number of ether oxygens (including phenoxy) is 3. The molecule has 0 unspecified atom stereocenters. The fraction of sp³-hybridized carbons (Fsp3) is 0.259. The number of nitro groups is 1. The molecule has 3 rings (SSSR count). The van der Waals surface area contributed by atoms with Gasteiger partial charge < -0.3 is 14.2 Å². The van der Waals surface area contributed by atoms with E-state index < -0.39 is 16.9 Å². The van der Waals surface area contributed by atoms with Gasteiger partial charge in [0.1, 0.15) is 17.2 Å². The predicted octanol–water partition coefficient (Wildman–Crippen LogP) is 6.38. The predicted molar refractivity (Wildman–Crippen MR) is 130 cm³/mol. The van der Waals surface area contributed by atoms with Gasteiger partial charge in [-0.1, -0.05) is 32.6 Å². The summed E-state index contributed by atoms with van der Waals surface area (Å²) in [6, 6.07) is 17.8. The van der Waals surface area contributed by atoms with E-state index in [1.54, 1.807) is 24.3 Å². The number of esters is 2. The topological polar surface area (TPSA) is 105 Å². The monoisotopic (exact) mass is 477 g/mol. The molecule has 0 saturated carbocycles. The number of carbonyl (C=O) groups is 2. The first-order valence-electron chi connectivity index (χ1n) is 11.5. The van der Waals surface area contributed by atoms with Gasteiger partial charge in [0.05, 0.1) is 22.7 Å². The third-order valence-corrected chi connectivity index (χ3v) is 5.17. The summed E-state index contributed by atoms with van der Waals surface area (Å²) in [7, 11) is 0. The molecule has 0 aliphatic rings. The maximum atomic E-state index is 12.4. The molecule has 35 heavy (non-hydrogen) atoms. The van der Waals surface area contributed by atoms with Crippen LogP contribution in [0.5, 0.6) is 17.2 Å². The Morgan fingerprint density at radius 2 is 1.14 bits per heavy atom. The molecular formula is C27H27NO7. The first-order valence-corrected chi connectivity index (χ1v) is 11.5. The number of non-ortho nitro benzene ring substituents is 1. The lowest BCUT2D eigenvalue weighted by Crippen LogP contribution is -2.10. The molecule has 0 N–H and O–H groups in total. The minimum Gasteiger partial charge on any atom is -0.494 e. The Balaban J connectivity index is 1.48. The second-order valence-corrected chi connectivity index (χ2v) is 7.84. The number of unbranched alkanes of at least 4 members (excludes halogenated alkanes) is 4. The van der Waals surface area contributed by atoms with E-state index in [-0.39, 0.29) is 22.7 Å². The molecule has 0 fully saturated rings. The van der Waals surface area contributed by atoms with Gasteiger partial charge in [-0.2, -0.15) is 0 Å². The van der Waals surface area contributed by atoms with Crippen LogP contribution in [0.25, 0.3) is 0 Å². The summed E-state index contributed by atoms with van der Waals surface area (Å²) in [5, 5.41) is 10.7. The summed E-state index contributed by atoms with van der Waals surface area (Å²) in [6.07, 6.45) is 5.81. The van der Waals surface area contributed by atoms with Gasteiger partial charge in [-0.15, -0.1) is 0 Å². The van der Waals surface area contributed by atoms with E-state index in [4.69, 9.17) is 14.2 Å². The normalized spacial score (nSPS) is 10.4. The van der Waals surface area contributed by atoms with Crippen molar-refractivity contribution in [2.75, 3.05) is 6.61 Å². The zero-order valence-electron chi connectivity index (χ0n) is 19.5. The SMILES string of the molecule is CCCCCCCOc1ccc(C(=O)Oc2ccc(C(=O)Oc3ccc([N+](=O)[O-])cc3)cc2)cc1. The van der Waals surface area contributed by atoms with Gasteiger partial charge in [-0.3, -0.25) is 10.1 Å². The van der Waals surface area contributed by atoms with Gasteiger partial charge in [0, 0.05) is 12.1 Å². The molecule has 0 atom stereocenters. The molecule has 182 valence electrons. The van der Waals surface area contributed by atoms with E-state index in [9.17, 15) is 19.7 Å². The molecule has 0 amide bonds. The van der Waals surface area contributed by atoms with Gasteiger partial charge >= 0.3 is 11.9 Å². The second-order valence-electron chi connectivity index (χ2n) is 7.84. The van der Waals surface area contributed by atoms with Crippen molar-refractivity contribution in [3.05, 3.63) is 94.0 Å². The highest BCUT2D eigenvalue weighted by atomic mass is 16.6. The third-order valence-electron chi connectivity index (χ3n) is 5.17. The average Bonchev–Trinajstić information content (AvgIpc) is 2.87. The van der Waals surface area contributed by atoms with E-state index in [0.717, 1.165) is 12.8 Å². The first-order chi connectivity index (χ1) is 17.0. The van der Waals surface area contributed by atoms with Crippen LogP contribution < -0.4 is 14.2 Å². The lowest BCUT2D eigenvalue weighted by molar-refractivity contribution is -0.384. The van der Waals surface area contributed by atoms with Crippen LogP contribution in [0.4, 0.5) is 5.69 Å². The van der Waals surface area contributed by atoms with Crippen LogP contribution in [-0.2, 0) is 0 Å². The molecule has 3 aromatic rings. The molecule has 0 saturated heterocycles. The Bertz CT molecular complexity index is 1120. The summed E-state index contributed by atoms with van der Waals surface area (Å²) in [4.78, 5) is 34.9. The number of carbonyl (C=O) groups excluding carboxylic acids is 2. The van der Waals surface area contributed by atoms with Crippen molar-refractivity contribution in [2.24, 2.45) is 0 Å². The Kier molecular flexibility index (Phi) is 9.36. The number of nitro benzene ring substituents is 1. The number of rotatable bonds is 12. The molecule has 0 aromatic heterocycles. The quantitative estimate of drug-likeness (QED) is 0.0979.